The Morgan fingerprint density at radius 1 is 1.19 bits per heavy atom. The molecule has 8 heteroatoms. The molecule has 3 heterocycles. The van der Waals surface area contributed by atoms with E-state index in [1.54, 1.807) is 4.90 Å². The van der Waals surface area contributed by atoms with Crippen molar-refractivity contribution in [1.82, 2.24) is 14.8 Å². The number of H-pyrrole nitrogens is 1. The fourth-order valence-electron chi connectivity index (χ4n) is 3.85. The number of aliphatic carboxylic acids is 1. The Morgan fingerprint density at radius 2 is 1.88 bits per heavy atom. The summed E-state index contributed by atoms with van der Waals surface area (Å²) < 4.78 is 0. The van der Waals surface area contributed by atoms with E-state index in [1.165, 1.54) is 30.2 Å². The van der Waals surface area contributed by atoms with Gasteiger partial charge in [0, 0.05) is 38.3 Å². The van der Waals surface area contributed by atoms with Crippen molar-refractivity contribution >= 4 is 17.8 Å². The fourth-order valence-corrected chi connectivity index (χ4v) is 3.85. The third-order valence-corrected chi connectivity index (χ3v) is 5.66. The van der Waals surface area contributed by atoms with Crippen LogP contribution < -0.4 is 5.56 Å². The first kappa shape index (κ1) is 18.2. The molecule has 26 heavy (non-hydrogen) atoms. The van der Waals surface area contributed by atoms with Crippen molar-refractivity contribution in [2.75, 3.05) is 19.6 Å². The van der Waals surface area contributed by atoms with Crippen LogP contribution in [0.25, 0.3) is 0 Å². The number of carboxylic acid groups (broad SMARTS) is 1. The number of hydrogen-bond donors (Lipinski definition) is 2. The summed E-state index contributed by atoms with van der Waals surface area (Å²) in [6.45, 7) is 3.08. The molecule has 140 valence electrons. The highest BCUT2D eigenvalue weighted by atomic mass is 16.4. The minimum atomic E-state index is -0.999. The number of aromatic amines is 1. The average Bonchev–Trinajstić information content (AvgIpc) is 2.64. The first-order valence-electron chi connectivity index (χ1n) is 8.82. The molecule has 2 N–H and O–H groups in total. The smallest absolute Gasteiger partial charge is 0.326 e. The lowest BCUT2D eigenvalue weighted by Gasteiger charge is -2.48. The van der Waals surface area contributed by atoms with Crippen molar-refractivity contribution in [1.29, 1.82) is 0 Å². The summed E-state index contributed by atoms with van der Waals surface area (Å²) in [7, 11) is 0. The Hall–Kier alpha value is -2.64. The quantitative estimate of drug-likeness (QED) is 0.823. The molecule has 1 aromatic rings. The molecule has 1 spiro atoms. The van der Waals surface area contributed by atoms with Gasteiger partial charge in [0.2, 0.25) is 11.5 Å². The lowest BCUT2D eigenvalue weighted by Crippen LogP contribution is -2.55. The van der Waals surface area contributed by atoms with E-state index in [-0.39, 0.29) is 22.8 Å². The van der Waals surface area contributed by atoms with E-state index in [9.17, 15) is 24.3 Å². The molecule has 0 aliphatic carbocycles. The zero-order chi connectivity index (χ0) is 18.9. The normalized spacial score (nSPS) is 20.9. The summed E-state index contributed by atoms with van der Waals surface area (Å²) in [5.41, 5.74) is 0.0681. The van der Waals surface area contributed by atoms with Crippen molar-refractivity contribution in [3.63, 3.8) is 0 Å². The maximum absolute atomic E-state index is 12.6. The van der Waals surface area contributed by atoms with Crippen LogP contribution in [-0.2, 0) is 9.59 Å². The number of nitrogens with zero attached hydrogens (tertiary/aromatic N) is 2. The molecule has 2 aliphatic heterocycles. The third-order valence-electron chi connectivity index (χ3n) is 5.66. The Bertz CT molecular complexity index is 759. The average molecular weight is 361 g/mol. The second-order valence-electron chi connectivity index (χ2n) is 7.27. The molecular weight excluding hydrogens is 338 g/mol. The zero-order valence-electron chi connectivity index (χ0n) is 14.7. The predicted molar refractivity (Wildman–Crippen MR) is 92.7 cm³/mol. The molecule has 3 rings (SSSR count). The number of nitrogens with one attached hydrogen (secondary N) is 1. The monoisotopic (exact) mass is 361 g/mol. The number of amides is 2. The molecule has 2 saturated heterocycles. The molecule has 0 unspecified atom stereocenters. The second kappa shape index (κ2) is 6.93. The van der Waals surface area contributed by atoms with Gasteiger partial charge in [0.25, 0.3) is 5.91 Å². The molecule has 0 saturated carbocycles. The highest BCUT2D eigenvalue weighted by molar-refractivity contribution is 5.94. The van der Waals surface area contributed by atoms with E-state index in [0.29, 0.717) is 31.6 Å². The van der Waals surface area contributed by atoms with Crippen LogP contribution in [0.2, 0.25) is 0 Å². The van der Waals surface area contributed by atoms with Gasteiger partial charge in [-0.3, -0.25) is 14.4 Å². The number of rotatable bonds is 3. The fraction of sp³-hybridized carbons (Fsp3) is 0.556. The lowest BCUT2D eigenvalue weighted by molar-refractivity contribution is -0.154. The maximum atomic E-state index is 12.6. The molecule has 1 atom stereocenters. The lowest BCUT2D eigenvalue weighted by atomic mass is 9.72. The van der Waals surface area contributed by atoms with Crippen LogP contribution in [0.4, 0.5) is 0 Å². The van der Waals surface area contributed by atoms with Crippen LogP contribution in [0.1, 0.15) is 43.0 Å². The van der Waals surface area contributed by atoms with Gasteiger partial charge >= 0.3 is 5.97 Å². The van der Waals surface area contributed by atoms with Crippen molar-refractivity contribution in [2.24, 2.45) is 5.41 Å². The highest BCUT2D eigenvalue weighted by Gasteiger charge is 2.43. The van der Waals surface area contributed by atoms with E-state index in [0.717, 1.165) is 19.3 Å². The predicted octanol–water partition coefficient (Wildman–Crippen LogP) is 0.693. The Labute approximate surface area is 150 Å². The molecule has 0 bridgehead atoms. The Morgan fingerprint density at radius 3 is 2.46 bits per heavy atom. The minimum Gasteiger partial charge on any atom is -0.480 e. The number of pyridine rings is 1. The van der Waals surface area contributed by atoms with E-state index < -0.39 is 12.0 Å². The van der Waals surface area contributed by atoms with Gasteiger partial charge in [-0.1, -0.05) is 0 Å². The highest BCUT2D eigenvalue weighted by Crippen LogP contribution is 2.41. The molecule has 2 amide bonds. The maximum Gasteiger partial charge on any atom is 0.326 e. The van der Waals surface area contributed by atoms with Gasteiger partial charge < -0.3 is 19.9 Å². The van der Waals surface area contributed by atoms with Crippen LogP contribution in [0.3, 0.4) is 0 Å². The van der Waals surface area contributed by atoms with E-state index in [2.05, 4.69) is 4.98 Å². The van der Waals surface area contributed by atoms with Crippen LogP contribution in [-0.4, -0.2) is 63.4 Å². The molecule has 2 fully saturated rings. The summed E-state index contributed by atoms with van der Waals surface area (Å²) >= 11 is 0. The molecular formula is C18H23N3O5. The standard InChI is InChI=1S/C18H23N3O5/c1-12(17(25)26)21-11-18(5-4-15(21)23)6-8-20(9-7-18)16(24)13-2-3-14(22)19-10-13/h2-3,10,12H,4-9,11H2,1H3,(H,19,22)(H,25,26)/t12-/m1/s1. The topological polar surface area (TPSA) is 111 Å². The van der Waals surface area contributed by atoms with Crippen LogP contribution in [0, 0.1) is 5.41 Å². The third kappa shape index (κ3) is 3.49. The molecule has 8 nitrogen and oxygen atoms in total. The van der Waals surface area contributed by atoms with Gasteiger partial charge in [-0.2, -0.15) is 0 Å². The van der Waals surface area contributed by atoms with Gasteiger partial charge in [-0.15, -0.1) is 0 Å². The summed E-state index contributed by atoms with van der Waals surface area (Å²) in [5, 5.41) is 9.23. The minimum absolute atomic E-state index is 0.114. The van der Waals surface area contributed by atoms with Crippen molar-refractivity contribution in [3.05, 3.63) is 34.2 Å². The van der Waals surface area contributed by atoms with E-state index in [1.807, 2.05) is 0 Å². The van der Waals surface area contributed by atoms with Crippen LogP contribution >= 0.6 is 0 Å². The summed E-state index contributed by atoms with van der Waals surface area (Å²) in [6, 6.07) is 2.01. The van der Waals surface area contributed by atoms with Crippen molar-refractivity contribution in [3.8, 4) is 0 Å². The van der Waals surface area contributed by atoms with Crippen molar-refractivity contribution < 1.29 is 19.5 Å². The first-order chi connectivity index (χ1) is 12.3. The number of likely N-dealkylation sites (tertiary alicyclic amines) is 2. The largest absolute Gasteiger partial charge is 0.480 e. The zero-order valence-corrected chi connectivity index (χ0v) is 14.7. The number of carbonyl (C=O) groups excluding carboxylic acids is 2. The van der Waals surface area contributed by atoms with Gasteiger partial charge in [-0.05, 0) is 37.7 Å². The van der Waals surface area contributed by atoms with E-state index in [4.69, 9.17) is 0 Å². The number of aromatic nitrogens is 1. The number of piperidine rings is 2. The number of hydrogen-bond acceptors (Lipinski definition) is 4. The first-order valence-corrected chi connectivity index (χ1v) is 8.82. The summed E-state index contributed by atoms with van der Waals surface area (Å²) in [4.78, 5) is 52.8. The van der Waals surface area contributed by atoms with Crippen LogP contribution in [0.5, 0.6) is 0 Å². The van der Waals surface area contributed by atoms with Crippen molar-refractivity contribution in [2.45, 2.75) is 38.6 Å². The summed E-state index contributed by atoms with van der Waals surface area (Å²) in [5.74, 6) is -1.24. The molecule has 2 aliphatic rings. The Balaban J connectivity index is 1.66. The van der Waals surface area contributed by atoms with Crippen LogP contribution in [0.15, 0.2) is 23.1 Å². The SMILES string of the molecule is C[C@H](C(=O)O)N1CC2(CCC1=O)CCN(C(=O)c1ccc(=O)[nH]c1)CC2. The van der Waals surface area contributed by atoms with Gasteiger partial charge in [0.05, 0.1) is 5.56 Å². The van der Waals surface area contributed by atoms with Gasteiger partial charge in [0.1, 0.15) is 6.04 Å². The number of carbonyl (C=O) groups is 3. The van der Waals surface area contributed by atoms with Gasteiger partial charge in [-0.25, -0.2) is 4.79 Å². The number of carboxylic acids is 1. The molecule has 1 aromatic heterocycles. The van der Waals surface area contributed by atoms with E-state index >= 15 is 0 Å². The molecule has 0 aromatic carbocycles. The second-order valence-corrected chi connectivity index (χ2v) is 7.27. The Kier molecular flexibility index (Phi) is 4.84. The summed E-state index contributed by atoms with van der Waals surface area (Å²) in [6.07, 6.45) is 3.97. The van der Waals surface area contributed by atoms with Gasteiger partial charge in [0.15, 0.2) is 0 Å². The molecule has 0 radical (unpaired) electrons.